The SMILES string of the molecule is N#Cc1ccnc(NCC2CCCOC2)c1N. The molecule has 1 fully saturated rings. The lowest BCUT2D eigenvalue weighted by molar-refractivity contribution is 0.0595. The maximum Gasteiger partial charge on any atom is 0.150 e. The molecule has 5 nitrogen and oxygen atoms in total. The summed E-state index contributed by atoms with van der Waals surface area (Å²) in [6.07, 6.45) is 3.85. The molecule has 1 saturated heterocycles. The van der Waals surface area contributed by atoms with Gasteiger partial charge >= 0.3 is 0 Å². The molecular weight excluding hydrogens is 216 g/mol. The van der Waals surface area contributed by atoms with E-state index in [0.717, 1.165) is 32.6 Å². The second-order valence-corrected chi connectivity index (χ2v) is 4.20. The third-order valence-corrected chi connectivity index (χ3v) is 2.92. The molecule has 0 saturated carbocycles. The molecule has 1 aliphatic heterocycles. The van der Waals surface area contributed by atoms with Crippen molar-refractivity contribution in [2.24, 2.45) is 5.92 Å². The van der Waals surface area contributed by atoms with Gasteiger partial charge in [0.05, 0.1) is 17.9 Å². The lowest BCUT2D eigenvalue weighted by atomic mass is 10.0. The highest BCUT2D eigenvalue weighted by atomic mass is 16.5. The normalized spacial score (nSPS) is 19.6. The molecular formula is C12H16N4O. The van der Waals surface area contributed by atoms with Gasteiger partial charge in [-0.3, -0.25) is 0 Å². The van der Waals surface area contributed by atoms with Crippen molar-refractivity contribution in [2.75, 3.05) is 30.8 Å². The summed E-state index contributed by atoms with van der Waals surface area (Å²) in [5.41, 5.74) is 6.71. The van der Waals surface area contributed by atoms with Crippen LogP contribution in [0.25, 0.3) is 0 Å². The van der Waals surface area contributed by atoms with Gasteiger partial charge in [0.1, 0.15) is 6.07 Å². The van der Waals surface area contributed by atoms with Crippen LogP contribution in [0.5, 0.6) is 0 Å². The Morgan fingerprint density at radius 3 is 3.24 bits per heavy atom. The van der Waals surface area contributed by atoms with Crippen molar-refractivity contribution in [3.05, 3.63) is 17.8 Å². The minimum absolute atomic E-state index is 0.423. The standard InChI is InChI=1S/C12H16N4O/c13-6-10-3-4-15-12(11(10)14)16-7-9-2-1-5-17-8-9/h3-4,9H,1-2,5,7-8,14H2,(H,15,16). The zero-order chi connectivity index (χ0) is 12.1. The number of hydrogen-bond acceptors (Lipinski definition) is 5. The molecule has 2 heterocycles. The first-order valence-electron chi connectivity index (χ1n) is 5.77. The van der Waals surface area contributed by atoms with E-state index in [2.05, 4.69) is 10.3 Å². The van der Waals surface area contributed by atoms with Crippen LogP contribution in [0, 0.1) is 17.2 Å². The zero-order valence-corrected chi connectivity index (χ0v) is 9.65. The molecule has 1 aromatic rings. The smallest absolute Gasteiger partial charge is 0.150 e. The van der Waals surface area contributed by atoms with Crippen LogP contribution < -0.4 is 11.1 Å². The van der Waals surface area contributed by atoms with Gasteiger partial charge in [0.2, 0.25) is 0 Å². The van der Waals surface area contributed by atoms with Crippen LogP contribution in [0.15, 0.2) is 12.3 Å². The molecule has 0 spiro atoms. The number of anilines is 2. The molecule has 0 aliphatic carbocycles. The van der Waals surface area contributed by atoms with Crippen LogP contribution in [0.1, 0.15) is 18.4 Å². The predicted molar refractivity (Wildman–Crippen MR) is 65.4 cm³/mol. The van der Waals surface area contributed by atoms with Crippen molar-refractivity contribution in [1.29, 1.82) is 5.26 Å². The van der Waals surface area contributed by atoms with E-state index >= 15 is 0 Å². The molecule has 0 aromatic carbocycles. The van der Waals surface area contributed by atoms with Crippen LogP contribution in [0.4, 0.5) is 11.5 Å². The Labute approximate surface area is 101 Å². The largest absolute Gasteiger partial charge is 0.395 e. The maximum atomic E-state index is 8.85. The summed E-state index contributed by atoms with van der Waals surface area (Å²) in [5.74, 6) is 1.09. The third kappa shape index (κ3) is 2.86. The fourth-order valence-corrected chi connectivity index (χ4v) is 1.92. The Morgan fingerprint density at radius 2 is 2.53 bits per heavy atom. The van der Waals surface area contributed by atoms with E-state index in [1.165, 1.54) is 0 Å². The molecule has 5 heteroatoms. The van der Waals surface area contributed by atoms with E-state index in [9.17, 15) is 0 Å². The highest BCUT2D eigenvalue weighted by Crippen LogP contribution is 2.20. The molecule has 90 valence electrons. The Hall–Kier alpha value is -1.80. The second-order valence-electron chi connectivity index (χ2n) is 4.20. The number of pyridine rings is 1. The number of hydrogen-bond donors (Lipinski definition) is 2. The molecule has 1 aliphatic rings. The van der Waals surface area contributed by atoms with Gasteiger partial charge in [-0.15, -0.1) is 0 Å². The summed E-state index contributed by atoms with van der Waals surface area (Å²) < 4.78 is 5.40. The first-order chi connectivity index (χ1) is 8.31. The summed E-state index contributed by atoms with van der Waals surface area (Å²) >= 11 is 0. The Bertz CT molecular complexity index is 421. The van der Waals surface area contributed by atoms with E-state index in [-0.39, 0.29) is 0 Å². The molecule has 1 unspecified atom stereocenters. The number of nitrogens with two attached hydrogens (primary N) is 1. The summed E-state index contributed by atoms with van der Waals surface area (Å²) in [5, 5.41) is 12.0. The third-order valence-electron chi connectivity index (χ3n) is 2.92. The van der Waals surface area contributed by atoms with Crippen molar-refractivity contribution in [1.82, 2.24) is 4.98 Å². The van der Waals surface area contributed by atoms with Crippen molar-refractivity contribution < 1.29 is 4.74 Å². The molecule has 0 bridgehead atoms. The van der Waals surface area contributed by atoms with E-state index in [1.807, 2.05) is 6.07 Å². The van der Waals surface area contributed by atoms with Gasteiger partial charge in [-0.2, -0.15) is 5.26 Å². The Morgan fingerprint density at radius 1 is 1.65 bits per heavy atom. The van der Waals surface area contributed by atoms with Crippen molar-refractivity contribution in [3.63, 3.8) is 0 Å². The predicted octanol–water partition coefficient (Wildman–Crippen LogP) is 1.37. The Balaban J connectivity index is 1.96. The Kier molecular flexibility index (Phi) is 3.78. The molecule has 3 N–H and O–H groups in total. The molecule has 1 aromatic heterocycles. The van der Waals surface area contributed by atoms with E-state index < -0.39 is 0 Å². The van der Waals surface area contributed by atoms with Gasteiger partial charge in [-0.05, 0) is 24.8 Å². The quantitative estimate of drug-likeness (QED) is 0.822. The van der Waals surface area contributed by atoms with Crippen LogP contribution >= 0.6 is 0 Å². The van der Waals surface area contributed by atoms with Gasteiger partial charge in [-0.1, -0.05) is 0 Å². The minimum Gasteiger partial charge on any atom is -0.395 e. The van der Waals surface area contributed by atoms with Gasteiger partial charge in [-0.25, -0.2) is 4.98 Å². The topological polar surface area (TPSA) is 84.0 Å². The number of ether oxygens (including phenoxy) is 1. The number of nitrogen functional groups attached to an aromatic ring is 1. The maximum absolute atomic E-state index is 8.85. The highest BCUT2D eigenvalue weighted by Gasteiger charge is 2.14. The fourth-order valence-electron chi connectivity index (χ4n) is 1.92. The zero-order valence-electron chi connectivity index (χ0n) is 9.65. The minimum atomic E-state index is 0.423. The van der Waals surface area contributed by atoms with Crippen LogP contribution in [-0.2, 0) is 4.74 Å². The van der Waals surface area contributed by atoms with Gasteiger partial charge in [0, 0.05) is 19.3 Å². The number of rotatable bonds is 3. The first-order valence-corrected chi connectivity index (χ1v) is 5.77. The lowest BCUT2D eigenvalue weighted by Gasteiger charge is -2.22. The number of nitrogens with zero attached hydrogens (tertiary/aromatic N) is 2. The van der Waals surface area contributed by atoms with Crippen molar-refractivity contribution in [3.8, 4) is 6.07 Å². The number of nitriles is 1. The lowest BCUT2D eigenvalue weighted by Crippen LogP contribution is -2.24. The average Bonchev–Trinajstić information content (AvgIpc) is 2.39. The molecule has 1 atom stereocenters. The highest BCUT2D eigenvalue weighted by molar-refractivity contribution is 5.68. The summed E-state index contributed by atoms with van der Waals surface area (Å²) in [6.45, 7) is 2.43. The van der Waals surface area contributed by atoms with Crippen molar-refractivity contribution >= 4 is 11.5 Å². The van der Waals surface area contributed by atoms with Crippen molar-refractivity contribution in [2.45, 2.75) is 12.8 Å². The van der Waals surface area contributed by atoms with E-state index in [1.54, 1.807) is 12.3 Å². The summed E-state index contributed by atoms with van der Waals surface area (Å²) in [4.78, 5) is 4.14. The molecule has 2 rings (SSSR count). The number of nitrogens with one attached hydrogen (secondary N) is 1. The molecule has 0 radical (unpaired) electrons. The number of aromatic nitrogens is 1. The van der Waals surface area contributed by atoms with Gasteiger partial charge < -0.3 is 15.8 Å². The molecule has 0 amide bonds. The van der Waals surface area contributed by atoms with Gasteiger partial charge in [0.15, 0.2) is 5.82 Å². The van der Waals surface area contributed by atoms with E-state index in [0.29, 0.717) is 23.0 Å². The fraction of sp³-hybridized carbons (Fsp3) is 0.500. The summed E-state index contributed by atoms with van der Waals surface area (Å²) in [7, 11) is 0. The average molecular weight is 232 g/mol. The second kappa shape index (κ2) is 5.51. The van der Waals surface area contributed by atoms with Crippen LogP contribution in [-0.4, -0.2) is 24.7 Å². The summed E-state index contributed by atoms with van der Waals surface area (Å²) in [6, 6.07) is 3.66. The van der Waals surface area contributed by atoms with Gasteiger partial charge in [0.25, 0.3) is 0 Å². The van der Waals surface area contributed by atoms with E-state index in [4.69, 9.17) is 15.7 Å². The monoisotopic (exact) mass is 232 g/mol. The van der Waals surface area contributed by atoms with Crippen LogP contribution in [0.3, 0.4) is 0 Å². The molecule has 17 heavy (non-hydrogen) atoms. The first kappa shape index (κ1) is 11.7. The van der Waals surface area contributed by atoms with Crippen LogP contribution in [0.2, 0.25) is 0 Å².